The van der Waals surface area contributed by atoms with Gasteiger partial charge in [-0.1, -0.05) is 48.1 Å². The first kappa shape index (κ1) is 22.1. The van der Waals surface area contributed by atoms with Crippen molar-refractivity contribution in [1.29, 1.82) is 0 Å². The molecule has 0 aliphatic heterocycles. The van der Waals surface area contributed by atoms with Gasteiger partial charge >= 0.3 is 0 Å². The summed E-state index contributed by atoms with van der Waals surface area (Å²) in [4.78, 5) is 12.6. The summed E-state index contributed by atoms with van der Waals surface area (Å²) in [7, 11) is -3.82. The molecule has 172 valence electrons. The Bertz CT molecular complexity index is 1290. The fourth-order valence-corrected chi connectivity index (χ4v) is 6.17. The Morgan fingerprint density at radius 2 is 1.88 bits per heavy atom. The molecule has 0 bridgehead atoms. The maximum absolute atomic E-state index is 14.4. The SMILES string of the molecule is O=C(Nc1nnc(C2(c3ccccc3)CCC2)s1)c1cc(S(=O)(=O)NCC2CC2)ccc1F. The number of anilines is 1. The van der Waals surface area contributed by atoms with E-state index in [9.17, 15) is 17.6 Å². The van der Waals surface area contributed by atoms with Crippen LogP contribution in [0.15, 0.2) is 53.4 Å². The van der Waals surface area contributed by atoms with Crippen LogP contribution in [0.2, 0.25) is 0 Å². The molecule has 5 rings (SSSR count). The summed E-state index contributed by atoms with van der Waals surface area (Å²) in [5, 5.41) is 12.0. The first-order valence-electron chi connectivity index (χ1n) is 10.9. The highest BCUT2D eigenvalue weighted by Crippen LogP contribution is 2.50. The molecule has 1 aromatic heterocycles. The van der Waals surface area contributed by atoms with Crippen LogP contribution in [0, 0.1) is 11.7 Å². The zero-order valence-corrected chi connectivity index (χ0v) is 19.4. The number of hydrogen-bond acceptors (Lipinski definition) is 6. The summed E-state index contributed by atoms with van der Waals surface area (Å²) in [6.07, 6.45) is 4.96. The van der Waals surface area contributed by atoms with Crippen LogP contribution in [0.4, 0.5) is 9.52 Å². The third kappa shape index (κ3) is 4.42. The summed E-state index contributed by atoms with van der Waals surface area (Å²) in [5.41, 5.74) is 0.587. The maximum atomic E-state index is 14.4. The van der Waals surface area contributed by atoms with Gasteiger partial charge in [-0.15, -0.1) is 10.2 Å². The van der Waals surface area contributed by atoms with E-state index >= 15 is 0 Å². The Morgan fingerprint density at radius 1 is 1.12 bits per heavy atom. The van der Waals surface area contributed by atoms with Gasteiger partial charge in [-0.3, -0.25) is 10.1 Å². The third-order valence-electron chi connectivity index (χ3n) is 6.34. The van der Waals surface area contributed by atoms with Crippen molar-refractivity contribution >= 4 is 32.4 Å². The van der Waals surface area contributed by atoms with Crippen molar-refractivity contribution in [3.8, 4) is 0 Å². The molecule has 2 aromatic carbocycles. The largest absolute Gasteiger partial charge is 0.296 e. The molecule has 2 aliphatic rings. The van der Waals surface area contributed by atoms with Crippen LogP contribution in [0.5, 0.6) is 0 Å². The van der Waals surface area contributed by atoms with Crippen LogP contribution >= 0.6 is 11.3 Å². The van der Waals surface area contributed by atoms with Crippen molar-refractivity contribution < 1.29 is 17.6 Å². The smallest absolute Gasteiger partial charge is 0.260 e. The molecule has 1 amide bonds. The van der Waals surface area contributed by atoms with Gasteiger partial charge in [0.2, 0.25) is 15.2 Å². The third-order valence-corrected chi connectivity index (χ3v) is 8.80. The summed E-state index contributed by atoms with van der Waals surface area (Å²) < 4.78 is 41.9. The molecule has 10 heteroatoms. The van der Waals surface area contributed by atoms with Gasteiger partial charge in [0, 0.05) is 12.0 Å². The van der Waals surface area contributed by atoms with Crippen LogP contribution in [0.25, 0.3) is 0 Å². The van der Waals surface area contributed by atoms with E-state index < -0.39 is 21.7 Å². The van der Waals surface area contributed by atoms with E-state index in [1.807, 2.05) is 18.2 Å². The molecule has 2 aliphatic carbocycles. The summed E-state index contributed by atoms with van der Waals surface area (Å²) in [5.74, 6) is -1.22. The lowest BCUT2D eigenvalue weighted by Crippen LogP contribution is -2.35. The minimum absolute atomic E-state index is 0.148. The Labute approximate surface area is 195 Å². The van der Waals surface area contributed by atoms with Crippen LogP contribution in [0.1, 0.15) is 53.0 Å². The monoisotopic (exact) mass is 486 g/mol. The number of nitrogens with zero attached hydrogens (tertiary/aromatic N) is 2. The first-order chi connectivity index (χ1) is 15.9. The van der Waals surface area contributed by atoms with E-state index in [0.29, 0.717) is 12.5 Å². The fourth-order valence-electron chi connectivity index (χ4n) is 4.02. The van der Waals surface area contributed by atoms with E-state index in [1.54, 1.807) is 0 Å². The number of carbonyl (C=O) groups excluding carboxylic acids is 1. The van der Waals surface area contributed by atoms with E-state index in [1.165, 1.54) is 11.3 Å². The van der Waals surface area contributed by atoms with Gasteiger partial charge in [0.15, 0.2) is 0 Å². The maximum Gasteiger partial charge on any atom is 0.260 e. The lowest BCUT2D eigenvalue weighted by atomic mass is 9.65. The zero-order valence-electron chi connectivity index (χ0n) is 17.8. The minimum Gasteiger partial charge on any atom is -0.296 e. The summed E-state index contributed by atoms with van der Waals surface area (Å²) >= 11 is 1.26. The molecule has 2 N–H and O–H groups in total. The van der Waals surface area contributed by atoms with E-state index in [-0.39, 0.29) is 21.0 Å². The highest BCUT2D eigenvalue weighted by Gasteiger charge is 2.43. The van der Waals surface area contributed by atoms with Crippen molar-refractivity contribution in [2.24, 2.45) is 5.92 Å². The van der Waals surface area contributed by atoms with Gasteiger partial charge in [0.05, 0.1) is 10.5 Å². The number of carbonyl (C=O) groups is 1. The lowest BCUT2D eigenvalue weighted by Gasteiger charge is -2.40. The number of amides is 1. The molecule has 2 fully saturated rings. The van der Waals surface area contributed by atoms with Gasteiger partial charge in [-0.2, -0.15) is 0 Å². The van der Waals surface area contributed by atoms with Gasteiger partial charge in [0.25, 0.3) is 5.91 Å². The molecule has 7 nitrogen and oxygen atoms in total. The quantitative estimate of drug-likeness (QED) is 0.500. The highest BCUT2D eigenvalue weighted by molar-refractivity contribution is 7.89. The second-order valence-corrected chi connectivity index (χ2v) is 11.3. The molecule has 0 radical (unpaired) electrons. The Kier molecular flexibility index (Phi) is 5.75. The second kappa shape index (κ2) is 8.58. The molecule has 3 aromatic rings. The molecule has 33 heavy (non-hydrogen) atoms. The van der Waals surface area contributed by atoms with Crippen LogP contribution in [-0.2, 0) is 15.4 Å². The summed E-state index contributed by atoms with van der Waals surface area (Å²) in [6, 6.07) is 13.3. The van der Waals surface area contributed by atoms with Crippen molar-refractivity contribution in [2.45, 2.75) is 42.4 Å². The number of sulfonamides is 1. The first-order valence-corrected chi connectivity index (χ1v) is 13.2. The highest BCUT2D eigenvalue weighted by atomic mass is 32.2. The van der Waals surface area contributed by atoms with Crippen molar-refractivity contribution in [2.75, 3.05) is 11.9 Å². The van der Waals surface area contributed by atoms with Crippen LogP contribution < -0.4 is 10.0 Å². The topological polar surface area (TPSA) is 101 Å². The fraction of sp³-hybridized carbons (Fsp3) is 0.348. The van der Waals surface area contributed by atoms with Gasteiger partial charge in [-0.05, 0) is 55.4 Å². The molecule has 0 unspecified atom stereocenters. The van der Waals surface area contributed by atoms with Gasteiger partial charge < -0.3 is 0 Å². The summed E-state index contributed by atoms with van der Waals surface area (Å²) in [6.45, 7) is 0.345. The Morgan fingerprint density at radius 3 is 2.55 bits per heavy atom. The molecule has 0 spiro atoms. The predicted octanol–water partition coefficient (Wildman–Crippen LogP) is 4.09. The number of benzene rings is 2. The number of halogens is 1. The van der Waals surface area contributed by atoms with Crippen molar-refractivity contribution in [1.82, 2.24) is 14.9 Å². The second-order valence-electron chi connectivity index (χ2n) is 8.61. The normalized spacial score (nSPS) is 17.4. The minimum atomic E-state index is -3.82. The molecule has 0 saturated heterocycles. The number of aromatic nitrogens is 2. The average molecular weight is 487 g/mol. The Hall–Kier alpha value is -2.69. The van der Waals surface area contributed by atoms with Crippen molar-refractivity contribution in [3.63, 3.8) is 0 Å². The standard InChI is InChI=1S/C23H23FN4O3S2/c24-19-10-9-17(33(30,31)25-14-15-7-8-15)13-18(19)20(29)26-22-28-27-21(32-22)23(11-4-12-23)16-5-2-1-3-6-16/h1-3,5-6,9-10,13,15,25H,4,7-8,11-12,14H2,(H,26,28,29). The molecule has 2 saturated carbocycles. The van der Waals surface area contributed by atoms with Gasteiger partial charge in [-0.25, -0.2) is 17.5 Å². The number of hydrogen-bond donors (Lipinski definition) is 2. The zero-order chi connectivity index (χ0) is 23.1. The number of rotatable bonds is 8. The predicted molar refractivity (Wildman–Crippen MR) is 123 cm³/mol. The number of nitrogens with one attached hydrogen (secondary N) is 2. The molecular formula is C23H23FN4O3S2. The van der Waals surface area contributed by atoms with Crippen LogP contribution in [0.3, 0.4) is 0 Å². The van der Waals surface area contributed by atoms with Crippen LogP contribution in [-0.4, -0.2) is 31.1 Å². The molecule has 0 atom stereocenters. The molecular weight excluding hydrogens is 463 g/mol. The van der Waals surface area contributed by atoms with E-state index in [2.05, 4.69) is 32.4 Å². The average Bonchev–Trinajstić information content (AvgIpc) is 3.50. The Balaban J connectivity index is 1.35. The van der Waals surface area contributed by atoms with Crippen molar-refractivity contribution in [3.05, 3.63) is 70.5 Å². The van der Waals surface area contributed by atoms with E-state index in [0.717, 1.165) is 60.9 Å². The van der Waals surface area contributed by atoms with E-state index in [4.69, 9.17) is 0 Å². The van der Waals surface area contributed by atoms with Gasteiger partial charge in [0.1, 0.15) is 10.8 Å². The molecule has 1 heterocycles. The lowest BCUT2D eigenvalue weighted by molar-refractivity contribution is 0.102.